The first-order chi connectivity index (χ1) is 8.00. The van der Waals surface area contributed by atoms with Gasteiger partial charge in [-0.05, 0) is 45.4 Å². The Hall–Kier alpha value is -0.840. The number of imidazole rings is 1. The van der Waals surface area contributed by atoms with Crippen molar-refractivity contribution in [2.75, 3.05) is 20.6 Å². The fourth-order valence-corrected chi connectivity index (χ4v) is 2.82. The summed E-state index contributed by atoms with van der Waals surface area (Å²) in [6, 6.07) is 6.10. The van der Waals surface area contributed by atoms with E-state index in [-0.39, 0.29) is 6.04 Å². The Kier molecular flexibility index (Phi) is 3.56. The van der Waals surface area contributed by atoms with Crippen molar-refractivity contribution in [2.45, 2.75) is 13.0 Å². The molecule has 17 heavy (non-hydrogen) atoms. The van der Waals surface area contributed by atoms with Crippen LogP contribution in [0.1, 0.15) is 13.0 Å². The van der Waals surface area contributed by atoms with Crippen molar-refractivity contribution in [1.29, 1.82) is 0 Å². The molecular weight excluding hydrogens is 254 g/mol. The van der Waals surface area contributed by atoms with E-state index in [9.17, 15) is 0 Å². The lowest BCUT2D eigenvalue weighted by Crippen LogP contribution is -2.22. The summed E-state index contributed by atoms with van der Waals surface area (Å²) in [6.45, 7) is 3.07. The highest BCUT2D eigenvalue weighted by Gasteiger charge is 2.13. The molecule has 0 saturated carbocycles. The molecule has 1 heterocycles. The largest absolute Gasteiger partial charge is 0.331 e. The van der Waals surface area contributed by atoms with Gasteiger partial charge >= 0.3 is 0 Å². The minimum atomic E-state index is 0.283. The maximum absolute atomic E-state index is 6.26. The number of fused-ring (bicyclic) bond motifs is 1. The first-order valence-electron chi connectivity index (χ1n) is 5.54. The SMILES string of the molecule is CC(CN(C)C)n1c(=S)[nH]c2cccc(Cl)c21. The molecule has 1 aromatic heterocycles. The molecule has 92 valence electrons. The molecule has 5 heteroatoms. The van der Waals surface area contributed by atoms with Crippen molar-refractivity contribution >= 4 is 34.9 Å². The van der Waals surface area contributed by atoms with Crippen molar-refractivity contribution in [1.82, 2.24) is 14.5 Å². The lowest BCUT2D eigenvalue weighted by Gasteiger charge is -2.19. The van der Waals surface area contributed by atoms with Crippen molar-refractivity contribution < 1.29 is 0 Å². The Bertz CT molecular complexity index is 585. The highest BCUT2D eigenvalue weighted by Crippen LogP contribution is 2.26. The predicted molar refractivity (Wildman–Crippen MR) is 75.4 cm³/mol. The normalized spacial score (nSPS) is 13.5. The Morgan fingerprint density at radius 2 is 2.18 bits per heavy atom. The van der Waals surface area contributed by atoms with Gasteiger partial charge < -0.3 is 14.5 Å². The van der Waals surface area contributed by atoms with Crippen molar-refractivity contribution in [3.63, 3.8) is 0 Å². The van der Waals surface area contributed by atoms with Gasteiger partial charge in [0.1, 0.15) is 0 Å². The van der Waals surface area contributed by atoms with Crippen LogP contribution in [0.5, 0.6) is 0 Å². The van der Waals surface area contributed by atoms with Gasteiger partial charge in [-0.2, -0.15) is 0 Å². The van der Waals surface area contributed by atoms with E-state index < -0.39 is 0 Å². The lowest BCUT2D eigenvalue weighted by atomic mass is 10.2. The number of hydrogen-bond donors (Lipinski definition) is 1. The van der Waals surface area contributed by atoms with Crippen LogP contribution in [0.4, 0.5) is 0 Å². The van der Waals surface area contributed by atoms with Gasteiger partial charge in [-0.1, -0.05) is 17.7 Å². The number of aromatic nitrogens is 2. The van der Waals surface area contributed by atoms with Gasteiger partial charge in [0, 0.05) is 12.6 Å². The second-order valence-electron chi connectivity index (χ2n) is 4.55. The van der Waals surface area contributed by atoms with Crippen LogP contribution in [0.25, 0.3) is 11.0 Å². The van der Waals surface area contributed by atoms with Crippen LogP contribution in [0, 0.1) is 4.77 Å². The molecule has 1 aromatic carbocycles. The van der Waals surface area contributed by atoms with Gasteiger partial charge in [0.2, 0.25) is 0 Å². The Morgan fingerprint density at radius 3 is 2.82 bits per heavy atom. The van der Waals surface area contributed by atoms with E-state index in [1.807, 2.05) is 18.2 Å². The number of benzene rings is 1. The van der Waals surface area contributed by atoms with Crippen LogP contribution in [-0.2, 0) is 0 Å². The molecule has 2 rings (SSSR count). The average molecular weight is 270 g/mol. The van der Waals surface area contributed by atoms with Gasteiger partial charge in [0.25, 0.3) is 0 Å². The van der Waals surface area contributed by atoms with Crippen LogP contribution in [0.15, 0.2) is 18.2 Å². The number of nitrogens with zero attached hydrogens (tertiary/aromatic N) is 2. The topological polar surface area (TPSA) is 24.0 Å². The number of hydrogen-bond acceptors (Lipinski definition) is 2. The fraction of sp³-hybridized carbons (Fsp3) is 0.417. The number of likely N-dealkylation sites (N-methyl/N-ethyl adjacent to an activating group) is 1. The quantitative estimate of drug-likeness (QED) is 0.863. The maximum Gasteiger partial charge on any atom is 0.178 e. The number of para-hydroxylation sites is 1. The van der Waals surface area contributed by atoms with Gasteiger partial charge in [-0.3, -0.25) is 0 Å². The first-order valence-corrected chi connectivity index (χ1v) is 6.33. The summed E-state index contributed by atoms with van der Waals surface area (Å²) in [5, 5.41) is 0.737. The van der Waals surface area contributed by atoms with Crippen molar-refractivity contribution in [3.8, 4) is 0 Å². The summed E-state index contributed by atoms with van der Waals surface area (Å²) in [4.78, 5) is 5.34. The molecule has 0 fully saturated rings. The standard InChI is InChI=1S/C12H16ClN3S/c1-8(7-15(2)3)16-11-9(13)5-4-6-10(11)14-12(16)17/h4-6,8H,7H2,1-3H3,(H,14,17). The zero-order valence-electron chi connectivity index (χ0n) is 10.2. The van der Waals surface area contributed by atoms with E-state index in [4.69, 9.17) is 23.8 Å². The van der Waals surface area contributed by atoms with E-state index in [0.717, 1.165) is 27.4 Å². The van der Waals surface area contributed by atoms with Crippen LogP contribution >= 0.6 is 23.8 Å². The van der Waals surface area contributed by atoms with Crippen molar-refractivity contribution in [3.05, 3.63) is 28.0 Å². The third-order valence-electron chi connectivity index (χ3n) is 2.76. The summed E-state index contributed by atoms with van der Waals surface area (Å²) in [6.07, 6.45) is 0. The van der Waals surface area contributed by atoms with Gasteiger partial charge in [-0.15, -0.1) is 0 Å². The molecule has 0 aliphatic heterocycles. The van der Waals surface area contributed by atoms with E-state index >= 15 is 0 Å². The van der Waals surface area contributed by atoms with Crippen LogP contribution in [0.3, 0.4) is 0 Å². The number of aromatic amines is 1. The minimum absolute atomic E-state index is 0.283. The third-order valence-corrected chi connectivity index (χ3v) is 3.36. The Balaban J connectivity index is 2.60. The molecule has 1 unspecified atom stereocenters. The summed E-state index contributed by atoms with van der Waals surface area (Å²) in [5.41, 5.74) is 1.99. The maximum atomic E-state index is 6.26. The molecule has 0 saturated heterocycles. The summed E-state index contributed by atoms with van der Waals surface area (Å²) >= 11 is 11.6. The fourth-order valence-electron chi connectivity index (χ4n) is 2.17. The smallest absolute Gasteiger partial charge is 0.178 e. The summed E-state index contributed by atoms with van der Waals surface area (Å²) < 4.78 is 2.81. The molecule has 0 bridgehead atoms. The molecule has 0 spiro atoms. The third kappa shape index (κ3) is 2.39. The van der Waals surface area contributed by atoms with E-state index in [0.29, 0.717) is 0 Å². The molecule has 0 aliphatic rings. The molecule has 1 N–H and O–H groups in total. The molecule has 2 aromatic rings. The molecule has 0 amide bonds. The number of H-pyrrole nitrogens is 1. The van der Waals surface area contributed by atoms with Crippen LogP contribution in [-0.4, -0.2) is 35.1 Å². The van der Waals surface area contributed by atoms with E-state index in [2.05, 4.69) is 35.5 Å². The van der Waals surface area contributed by atoms with Gasteiger partial charge in [-0.25, -0.2) is 0 Å². The second kappa shape index (κ2) is 4.80. The van der Waals surface area contributed by atoms with E-state index in [1.165, 1.54) is 0 Å². The molecule has 3 nitrogen and oxygen atoms in total. The molecule has 0 radical (unpaired) electrons. The minimum Gasteiger partial charge on any atom is -0.331 e. The number of nitrogens with one attached hydrogen (secondary N) is 1. The zero-order chi connectivity index (χ0) is 12.6. The average Bonchev–Trinajstić information content (AvgIpc) is 2.54. The Morgan fingerprint density at radius 1 is 1.47 bits per heavy atom. The highest BCUT2D eigenvalue weighted by molar-refractivity contribution is 7.71. The molecule has 1 atom stereocenters. The molecule has 0 aliphatic carbocycles. The van der Waals surface area contributed by atoms with Gasteiger partial charge in [0.05, 0.1) is 16.1 Å². The summed E-state index contributed by atoms with van der Waals surface area (Å²) in [5.74, 6) is 0. The number of rotatable bonds is 3. The lowest BCUT2D eigenvalue weighted by molar-refractivity contribution is 0.339. The highest BCUT2D eigenvalue weighted by atomic mass is 35.5. The monoisotopic (exact) mass is 269 g/mol. The summed E-state index contributed by atoms with van der Waals surface area (Å²) in [7, 11) is 4.10. The Labute approximate surface area is 111 Å². The number of halogens is 1. The van der Waals surface area contributed by atoms with E-state index in [1.54, 1.807) is 0 Å². The van der Waals surface area contributed by atoms with Crippen molar-refractivity contribution in [2.24, 2.45) is 0 Å². The first kappa shape index (κ1) is 12.6. The molecular formula is C12H16ClN3S. The second-order valence-corrected chi connectivity index (χ2v) is 5.34. The van der Waals surface area contributed by atoms with Gasteiger partial charge in [0.15, 0.2) is 4.77 Å². The predicted octanol–water partition coefficient (Wildman–Crippen LogP) is 3.47. The zero-order valence-corrected chi connectivity index (χ0v) is 11.8. The van der Waals surface area contributed by atoms with Crippen LogP contribution < -0.4 is 0 Å². The van der Waals surface area contributed by atoms with Crippen LogP contribution in [0.2, 0.25) is 5.02 Å².